The minimum atomic E-state index is -0.832. The highest BCUT2D eigenvalue weighted by molar-refractivity contribution is 6.05. The van der Waals surface area contributed by atoms with Gasteiger partial charge in [0.1, 0.15) is 17.6 Å². The van der Waals surface area contributed by atoms with Crippen LogP contribution in [0, 0.1) is 24.1 Å². The summed E-state index contributed by atoms with van der Waals surface area (Å²) in [6, 6.07) is 4.45. The number of hydrogen-bond donors (Lipinski definition) is 0. The molecule has 0 spiro atoms. The predicted molar refractivity (Wildman–Crippen MR) is 87.7 cm³/mol. The van der Waals surface area contributed by atoms with E-state index in [2.05, 4.69) is 0 Å². The molecule has 0 saturated heterocycles. The molecule has 25 heavy (non-hydrogen) atoms. The number of esters is 2. The second-order valence-electron chi connectivity index (χ2n) is 5.05. The molecular formula is C18H15FN2O4. The van der Waals surface area contributed by atoms with Gasteiger partial charge in [-0.05, 0) is 36.8 Å². The standard InChI is InChI=1S/C18H15FN2O4/c1-11-8-12(10-20)15(9-14(11)19)21-7-5-4-6-13(17(22)24-2)16(21)18(23)25-3/h4-9H,1-3H3. The van der Waals surface area contributed by atoms with Crippen LogP contribution in [0.15, 0.2) is 47.8 Å². The average Bonchev–Trinajstić information content (AvgIpc) is 2.85. The zero-order valence-corrected chi connectivity index (χ0v) is 13.9. The van der Waals surface area contributed by atoms with Gasteiger partial charge in [0.2, 0.25) is 0 Å². The van der Waals surface area contributed by atoms with Gasteiger partial charge >= 0.3 is 11.9 Å². The average molecular weight is 342 g/mol. The van der Waals surface area contributed by atoms with Crippen molar-refractivity contribution in [2.24, 2.45) is 0 Å². The Kier molecular flexibility index (Phi) is 5.35. The van der Waals surface area contributed by atoms with Gasteiger partial charge in [0.25, 0.3) is 0 Å². The molecule has 2 rings (SSSR count). The van der Waals surface area contributed by atoms with Crippen LogP contribution in [-0.2, 0) is 19.1 Å². The quantitative estimate of drug-likeness (QED) is 0.785. The fourth-order valence-electron chi connectivity index (χ4n) is 2.31. The summed E-state index contributed by atoms with van der Waals surface area (Å²) < 4.78 is 23.5. The minimum Gasteiger partial charge on any atom is -0.465 e. The molecule has 0 saturated carbocycles. The lowest BCUT2D eigenvalue weighted by molar-refractivity contribution is -0.139. The summed E-state index contributed by atoms with van der Waals surface area (Å²) >= 11 is 0. The van der Waals surface area contributed by atoms with Crippen molar-refractivity contribution in [3.05, 3.63) is 64.8 Å². The van der Waals surface area contributed by atoms with E-state index >= 15 is 0 Å². The van der Waals surface area contributed by atoms with Gasteiger partial charge in [0.15, 0.2) is 0 Å². The van der Waals surface area contributed by atoms with Crippen molar-refractivity contribution < 1.29 is 23.5 Å². The van der Waals surface area contributed by atoms with Gasteiger partial charge in [-0.3, -0.25) is 0 Å². The molecule has 0 radical (unpaired) electrons. The smallest absolute Gasteiger partial charge is 0.355 e. The van der Waals surface area contributed by atoms with Crippen molar-refractivity contribution in [3.8, 4) is 6.07 Å². The number of ether oxygens (including phenoxy) is 2. The molecular weight excluding hydrogens is 327 g/mol. The Balaban J connectivity index is 2.78. The number of carbonyl (C=O) groups excluding carboxylic acids is 2. The largest absolute Gasteiger partial charge is 0.465 e. The number of carbonyl (C=O) groups is 2. The maximum absolute atomic E-state index is 14.1. The first kappa shape index (κ1) is 17.9. The van der Waals surface area contributed by atoms with E-state index in [0.29, 0.717) is 0 Å². The van der Waals surface area contributed by atoms with E-state index in [4.69, 9.17) is 9.47 Å². The first-order chi connectivity index (χ1) is 11.9. The molecule has 0 N–H and O–H groups in total. The highest BCUT2D eigenvalue weighted by atomic mass is 19.1. The molecule has 6 nitrogen and oxygen atoms in total. The van der Waals surface area contributed by atoms with Crippen molar-refractivity contribution in [3.63, 3.8) is 0 Å². The molecule has 0 bridgehead atoms. The summed E-state index contributed by atoms with van der Waals surface area (Å²) in [6.45, 7) is 1.52. The predicted octanol–water partition coefficient (Wildman–Crippen LogP) is 2.50. The molecule has 0 fully saturated rings. The third-order valence-corrected chi connectivity index (χ3v) is 3.55. The van der Waals surface area contributed by atoms with Gasteiger partial charge in [-0.1, -0.05) is 6.08 Å². The number of aryl methyl sites for hydroxylation is 1. The SMILES string of the molecule is COC(=O)C1=C(C(=O)OC)N(c2cc(F)c(C)cc2C#N)C=CC=C1. The number of nitriles is 1. The topological polar surface area (TPSA) is 79.6 Å². The Morgan fingerprint density at radius 3 is 2.44 bits per heavy atom. The highest BCUT2D eigenvalue weighted by Crippen LogP contribution is 2.30. The van der Waals surface area contributed by atoms with Gasteiger partial charge in [-0.15, -0.1) is 0 Å². The maximum Gasteiger partial charge on any atom is 0.355 e. The fraction of sp³-hybridized carbons (Fsp3) is 0.167. The number of methoxy groups -OCH3 is 2. The van der Waals surface area contributed by atoms with E-state index in [1.807, 2.05) is 6.07 Å². The van der Waals surface area contributed by atoms with Crippen LogP contribution in [0.1, 0.15) is 11.1 Å². The zero-order valence-electron chi connectivity index (χ0n) is 13.9. The van der Waals surface area contributed by atoms with E-state index in [-0.39, 0.29) is 28.1 Å². The molecule has 0 aromatic heterocycles. The molecule has 1 aromatic rings. The number of nitrogens with zero attached hydrogens (tertiary/aromatic N) is 2. The third-order valence-electron chi connectivity index (χ3n) is 3.55. The Hall–Kier alpha value is -3.40. The van der Waals surface area contributed by atoms with E-state index in [9.17, 15) is 19.2 Å². The van der Waals surface area contributed by atoms with Gasteiger partial charge in [-0.25, -0.2) is 14.0 Å². The van der Waals surface area contributed by atoms with Crippen LogP contribution >= 0.6 is 0 Å². The highest BCUT2D eigenvalue weighted by Gasteiger charge is 2.29. The summed E-state index contributed by atoms with van der Waals surface area (Å²) in [5, 5.41) is 9.38. The van der Waals surface area contributed by atoms with E-state index < -0.39 is 17.8 Å². The van der Waals surface area contributed by atoms with Crippen LogP contribution in [-0.4, -0.2) is 26.2 Å². The number of benzene rings is 1. The van der Waals surface area contributed by atoms with Gasteiger partial charge in [0.05, 0.1) is 31.0 Å². The fourth-order valence-corrected chi connectivity index (χ4v) is 2.31. The van der Waals surface area contributed by atoms with Crippen LogP contribution in [0.4, 0.5) is 10.1 Å². The number of allylic oxidation sites excluding steroid dienone is 2. The number of hydrogen-bond acceptors (Lipinski definition) is 6. The monoisotopic (exact) mass is 342 g/mol. The molecule has 1 aliphatic rings. The van der Waals surface area contributed by atoms with Crippen molar-refractivity contribution in [2.75, 3.05) is 19.1 Å². The lowest BCUT2D eigenvalue weighted by Gasteiger charge is -2.24. The molecule has 128 valence electrons. The van der Waals surface area contributed by atoms with Crippen molar-refractivity contribution in [2.45, 2.75) is 6.92 Å². The van der Waals surface area contributed by atoms with E-state index in [1.54, 1.807) is 0 Å². The summed E-state index contributed by atoms with van der Waals surface area (Å²) in [4.78, 5) is 25.6. The zero-order chi connectivity index (χ0) is 18.6. The normalized spacial score (nSPS) is 13.3. The van der Waals surface area contributed by atoms with Gasteiger partial charge in [0, 0.05) is 6.20 Å². The first-order valence-electron chi connectivity index (χ1n) is 7.19. The Morgan fingerprint density at radius 2 is 1.84 bits per heavy atom. The molecule has 7 heteroatoms. The first-order valence-corrected chi connectivity index (χ1v) is 7.19. The van der Waals surface area contributed by atoms with Crippen molar-refractivity contribution in [1.82, 2.24) is 0 Å². The number of halogens is 1. The van der Waals surface area contributed by atoms with Crippen LogP contribution in [0.3, 0.4) is 0 Å². The molecule has 1 aromatic carbocycles. The molecule has 0 unspecified atom stereocenters. The summed E-state index contributed by atoms with van der Waals surface area (Å²) in [5.74, 6) is -2.15. The number of anilines is 1. The Morgan fingerprint density at radius 1 is 1.16 bits per heavy atom. The molecule has 1 aliphatic heterocycles. The molecule has 0 amide bonds. The lowest BCUT2D eigenvalue weighted by Crippen LogP contribution is -2.27. The van der Waals surface area contributed by atoms with Crippen molar-refractivity contribution >= 4 is 17.6 Å². The molecule has 0 atom stereocenters. The molecule has 1 heterocycles. The van der Waals surface area contributed by atoms with E-state index in [0.717, 1.165) is 13.2 Å². The maximum atomic E-state index is 14.1. The summed E-state index contributed by atoms with van der Waals surface area (Å²) in [5.41, 5.74) is 0.265. The summed E-state index contributed by atoms with van der Waals surface area (Å²) in [7, 11) is 2.33. The lowest BCUT2D eigenvalue weighted by atomic mass is 10.1. The molecule has 0 aliphatic carbocycles. The second-order valence-corrected chi connectivity index (χ2v) is 5.05. The van der Waals surface area contributed by atoms with Crippen LogP contribution in [0.25, 0.3) is 0 Å². The van der Waals surface area contributed by atoms with Gasteiger partial charge < -0.3 is 14.4 Å². The van der Waals surface area contributed by atoms with Crippen LogP contribution in [0.2, 0.25) is 0 Å². The minimum absolute atomic E-state index is 0.0794. The van der Waals surface area contributed by atoms with Gasteiger partial charge in [-0.2, -0.15) is 5.26 Å². The third kappa shape index (κ3) is 3.43. The Labute approximate surface area is 144 Å². The van der Waals surface area contributed by atoms with Crippen LogP contribution in [0.5, 0.6) is 0 Å². The number of rotatable bonds is 3. The van der Waals surface area contributed by atoms with E-state index in [1.165, 1.54) is 49.4 Å². The second kappa shape index (κ2) is 7.45. The summed E-state index contributed by atoms with van der Waals surface area (Å²) in [6.07, 6.45) is 5.87. The Bertz CT molecular complexity index is 863. The van der Waals surface area contributed by atoms with Crippen LogP contribution < -0.4 is 4.90 Å². The van der Waals surface area contributed by atoms with Crippen molar-refractivity contribution in [1.29, 1.82) is 5.26 Å².